The van der Waals surface area contributed by atoms with Gasteiger partial charge in [-0.05, 0) is 36.8 Å². The molecular weight excluding hydrogens is 387 g/mol. The van der Waals surface area contributed by atoms with Crippen molar-refractivity contribution in [2.24, 2.45) is 0 Å². The molecule has 2 N–H and O–H groups in total. The van der Waals surface area contributed by atoms with E-state index in [1.807, 2.05) is 79.7 Å². The number of aryl methyl sites for hydroxylation is 2. The van der Waals surface area contributed by atoms with Gasteiger partial charge in [0.2, 0.25) is 0 Å². The van der Waals surface area contributed by atoms with Crippen LogP contribution in [0.15, 0.2) is 24.3 Å². The average Bonchev–Trinajstić information content (AvgIpc) is 2.53. The Morgan fingerprint density at radius 2 is 1.14 bits per heavy atom. The molecule has 0 atom stereocenters. The second-order valence-electron chi connectivity index (χ2n) is 10.0. The van der Waals surface area contributed by atoms with Gasteiger partial charge in [-0.25, -0.2) is 4.57 Å². The lowest BCUT2D eigenvalue weighted by atomic mass is 9.81. The Kier molecular flexibility index (Phi) is 5.18. The highest BCUT2D eigenvalue weighted by atomic mass is 31.2. The van der Waals surface area contributed by atoms with Gasteiger partial charge in [-0.1, -0.05) is 64.8 Å². The third-order valence-electron chi connectivity index (χ3n) is 5.14. The third kappa shape index (κ3) is 4.23. The number of aliphatic hydroxyl groups is 1. The van der Waals surface area contributed by atoms with Crippen LogP contribution >= 0.6 is 7.82 Å². The van der Waals surface area contributed by atoms with E-state index in [1.54, 1.807) is 0 Å². The summed E-state index contributed by atoms with van der Waals surface area (Å²) in [6.07, 6.45) is -1.05. The summed E-state index contributed by atoms with van der Waals surface area (Å²) in [7, 11) is -4.48. The van der Waals surface area contributed by atoms with Crippen molar-refractivity contribution in [3.05, 3.63) is 57.6 Å². The normalized spacial score (nSPS) is 21.9. The zero-order chi connectivity index (χ0) is 21.9. The van der Waals surface area contributed by atoms with Crippen LogP contribution in [0.5, 0.6) is 11.5 Å². The number of hydrogen-bond acceptors (Lipinski definition) is 4. The van der Waals surface area contributed by atoms with Crippen LogP contribution in [0.3, 0.4) is 0 Å². The van der Waals surface area contributed by atoms with Gasteiger partial charge in [-0.3, -0.25) is 4.89 Å². The molecule has 3 rings (SSSR count). The zero-order valence-electron chi connectivity index (χ0n) is 18.5. The van der Waals surface area contributed by atoms with Crippen LogP contribution < -0.4 is 9.05 Å². The van der Waals surface area contributed by atoms with Crippen LogP contribution in [0.1, 0.15) is 81.0 Å². The molecule has 0 amide bonds. The summed E-state index contributed by atoms with van der Waals surface area (Å²) in [5.41, 5.74) is 3.60. The van der Waals surface area contributed by atoms with E-state index in [2.05, 4.69) is 0 Å². The average molecular weight is 418 g/mol. The Hall–Kier alpha value is -1.81. The van der Waals surface area contributed by atoms with Crippen molar-refractivity contribution >= 4 is 7.82 Å². The molecule has 2 aromatic rings. The molecule has 6 heteroatoms. The Balaban J connectivity index is 2.41. The molecule has 158 valence electrons. The lowest BCUT2D eigenvalue weighted by Gasteiger charge is -2.33. The molecule has 0 saturated carbocycles. The molecule has 0 bridgehead atoms. The van der Waals surface area contributed by atoms with Crippen LogP contribution in [-0.4, -0.2) is 10.00 Å². The van der Waals surface area contributed by atoms with Gasteiger partial charge in [-0.2, -0.15) is 0 Å². The lowest BCUT2D eigenvalue weighted by molar-refractivity contribution is 0.201. The monoisotopic (exact) mass is 418 g/mol. The molecular formula is C23H31O5P. The van der Waals surface area contributed by atoms with E-state index in [0.717, 1.165) is 22.3 Å². The van der Waals surface area contributed by atoms with E-state index in [9.17, 15) is 14.6 Å². The van der Waals surface area contributed by atoms with Crippen LogP contribution in [0.25, 0.3) is 0 Å². The highest BCUT2D eigenvalue weighted by Crippen LogP contribution is 2.55. The van der Waals surface area contributed by atoms with Crippen molar-refractivity contribution in [1.82, 2.24) is 0 Å². The van der Waals surface area contributed by atoms with Crippen LogP contribution in [-0.2, 0) is 15.4 Å². The molecule has 1 aliphatic heterocycles. The summed E-state index contributed by atoms with van der Waals surface area (Å²) < 4.78 is 24.2. The SMILES string of the molecule is Cc1cc2c(c(C(C)(C)C)c1)OP(=O)(O)Oc1c(cc(C)cc1C(C)(C)C)C2O. The maximum atomic E-state index is 13.0. The smallest absolute Gasteiger partial charge is 0.394 e. The predicted molar refractivity (Wildman–Crippen MR) is 115 cm³/mol. The molecule has 5 nitrogen and oxygen atoms in total. The Morgan fingerprint density at radius 1 is 0.793 bits per heavy atom. The number of phosphoric ester groups is 1. The van der Waals surface area contributed by atoms with E-state index in [0.29, 0.717) is 11.1 Å². The summed E-state index contributed by atoms with van der Waals surface area (Å²) >= 11 is 0. The molecule has 0 saturated heterocycles. The lowest BCUT2D eigenvalue weighted by Crippen LogP contribution is -2.21. The van der Waals surface area contributed by atoms with Gasteiger partial charge in [0.05, 0.1) is 0 Å². The second kappa shape index (κ2) is 6.87. The van der Waals surface area contributed by atoms with Gasteiger partial charge in [0.25, 0.3) is 0 Å². The summed E-state index contributed by atoms with van der Waals surface area (Å²) in [5.74, 6) is 0.428. The van der Waals surface area contributed by atoms with Crippen molar-refractivity contribution < 1.29 is 23.6 Å². The van der Waals surface area contributed by atoms with E-state index >= 15 is 0 Å². The van der Waals surface area contributed by atoms with Gasteiger partial charge < -0.3 is 14.2 Å². The molecule has 0 aromatic heterocycles. The first-order valence-electron chi connectivity index (χ1n) is 9.80. The summed E-state index contributed by atoms with van der Waals surface area (Å²) in [5, 5.41) is 11.4. The molecule has 2 aromatic carbocycles. The van der Waals surface area contributed by atoms with Crippen molar-refractivity contribution in [3.63, 3.8) is 0 Å². The van der Waals surface area contributed by atoms with Crippen LogP contribution in [0, 0.1) is 13.8 Å². The maximum absolute atomic E-state index is 13.0. The Bertz CT molecular complexity index is 934. The summed E-state index contributed by atoms with van der Waals surface area (Å²) in [6, 6.07) is 7.46. The van der Waals surface area contributed by atoms with Crippen molar-refractivity contribution in [2.75, 3.05) is 0 Å². The topological polar surface area (TPSA) is 76.0 Å². The Labute approximate surface area is 173 Å². The van der Waals surface area contributed by atoms with E-state index in [1.165, 1.54) is 0 Å². The molecule has 0 aliphatic carbocycles. The predicted octanol–water partition coefficient (Wildman–Crippen LogP) is 5.85. The largest absolute Gasteiger partial charge is 0.584 e. The molecule has 0 fully saturated rings. The number of aliphatic hydroxyl groups excluding tert-OH is 1. The van der Waals surface area contributed by atoms with Crippen LogP contribution in [0.2, 0.25) is 0 Å². The van der Waals surface area contributed by atoms with Gasteiger partial charge in [0, 0.05) is 22.3 Å². The molecule has 1 heterocycles. The quantitative estimate of drug-likeness (QED) is 0.525. The zero-order valence-corrected chi connectivity index (χ0v) is 19.3. The first-order valence-corrected chi connectivity index (χ1v) is 11.3. The van der Waals surface area contributed by atoms with E-state index in [4.69, 9.17) is 9.05 Å². The highest BCUT2D eigenvalue weighted by Gasteiger charge is 2.39. The fourth-order valence-electron chi connectivity index (χ4n) is 3.74. The standard InChI is InChI=1S/C23H31O5P/c1-13-9-15-19(24)16-10-14(2)12-18(23(6,7)8)21(16)28-29(25,26)27-20(15)17(11-13)22(3,4)5/h9-12,19,24H,1-8H3,(H,25,26). The minimum atomic E-state index is -4.48. The molecule has 0 unspecified atom stereocenters. The van der Waals surface area contributed by atoms with Gasteiger partial charge in [-0.15, -0.1) is 0 Å². The first kappa shape index (κ1) is 21.9. The number of hydrogen-bond donors (Lipinski definition) is 2. The Morgan fingerprint density at radius 3 is 1.45 bits per heavy atom. The summed E-state index contributed by atoms with van der Waals surface area (Å²) in [4.78, 5) is 10.6. The van der Waals surface area contributed by atoms with Crippen LogP contribution in [0.4, 0.5) is 0 Å². The number of benzene rings is 2. The van der Waals surface area contributed by atoms with E-state index < -0.39 is 13.9 Å². The summed E-state index contributed by atoms with van der Waals surface area (Å²) in [6.45, 7) is 15.8. The minimum absolute atomic E-state index is 0.214. The number of rotatable bonds is 0. The fourth-order valence-corrected chi connectivity index (χ4v) is 4.65. The highest BCUT2D eigenvalue weighted by molar-refractivity contribution is 7.48. The number of fused-ring (bicyclic) bond motifs is 2. The van der Waals surface area contributed by atoms with Gasteiger partial charge in [0.15, 0.2) is 0 Å². The molecule has 0 radical (unpaired) electrons. The van der Waals surface area contributed by atoms with E-state index in [-0.39, 0.29) is 22.3 Å². The van der Waals surface area contributed by atoms with Crippen molar-refractivity contribution in [3.8, 4) is 11.5 Å². The van der Waals surface area contributed by atoms with Crippen molar-refractivity contribution in [2.45, 2.75) is 72.3 Å². The molecule has 0 spiro atoms. The molecule has 1 aliphatic rings. The van der Waals surface area contributed by atoms with Gasteiger partial charge in [0.1, 0.15) is 17.6 Å². The molecule has 29 heavy (non-hydrogen) atoms. The third-order valence-corrected chi connectivity index (χ3v) is 5.97. The van der Waals surface area contributed by atoms with Gasteiger partial charge >= 0.3 is 7.82 Å². The maximum Gasteiger partial charge on any atom is 0.584 e. The van der Waals surface area contributed by atoms with Crippen molar-refractivity contribution in [1.29, 1.82) is 0 Å². The fraction of sp³-hybridized carbons (Fsp3) is 0.478. The first-order chi connectivity index (χ1) is 13.1. The number of phosphoric acid groups is 1. The minimum Gasteiger partial charge on any atom is -0.394 e. The second-order valence-corrected chi connectivity index (χ2v) is 11.3.